The van der Waals surface area contributed by atoms with Crippen LogP contribution in [0.2, 0.25) is 0 Å². The van der Waals surface area contributed by atoms with Crippen molar-refractivity contribution >= 4 is 56.0 Å². The molecule has 1 fully saturated rings. The van der Waals surface area contributed by atoms with Crippen molar-refractivity contribution in [2.75, 3.05) is 12.3 Å². The largest absolute Gasteiger partial charge is 0.347 e. The second kappa shape index (κ2) is 7.29. The second-order valence-corrected chi connectivity index (χ2v) is 9.26. The van der Waals surface area contributed by atoms with Gasteiger partial charge in [0, 0.05) is 5.41 Å². The maximum absolute atomic E-state index is 13.3. The van der Waals surface area contributed by atoms with Crippen molar-refractivity contribution in [3.63, 3.8) is 0 Å². The van der Waals surface area contributed by atoms with Crippen LogP contribution in [0.3, 0.4) is 0 Å². The maximum Gasteiger partial charge on any atom is 0.266 e. The molecule has 0 saturated carbocycles. The molecule has 0 aromatic heterocycles. The third-order valence-corrected chi connectivity index (χ3v) is 6.37. The number of carbonyl (C=O) groups is 2. The number of carbonyl (C=O) groups excluding carboxylic acids is 2. The van der Waals surface area contributed by atoms with Crippen LogP contribution in [0.1, 0.15) is 5.56 Å². The second-order valence-electron chi connectivity index (χ2n) is 5.65. The zero-order valence-corrected chi connectivity index (χ0v) is 15.7. The standard InChI is InChI=1S/C16H13FN2O4S3/c17-11-3-1-2-10(6-11)7-13-15(21)19(16(24)25-13)8-14(20)18-12-4-5-26(22,23)9-12/h1-7,12H,8-9H2,(H,18,20)/b13-7-/t12-/m0/s1. The number of thiocarbonyl (C=S) groups is 1. The number of nitrogens with zero attached hydrogens (tertiary/aromatic N) is 1. The summed E-state index contributed by atoms with van der Waals surface area (Å²) < 4.78 is 36.2. The molecular formula is C16H13FN2O4S3. The minimum atomic E-state index is -3.28. The lowest BCUT2D eigenvalue weighted by molar-refractivity contribution is -0.128. The molecule has 3 rings (SSSR count). The Labute approximate surface area is 159 Å². The molecule has 2 amide bonds. The Morgan fingerprint density at radius 3 is 2.88 bits per heavy atom. The van der Waals surface area contributed by atoms with Crippen LogP contribution < -0.4 is 5.32 Å². The van der Waals surface area contributed by atoms with Gasteiger partial charge in [-0.05, 0) is 29.8 Å². The van der Waals surface area contributed by atoms with Gasteiger partial charge in [-0.2, -0.15) is 0 Å². The van der Waals surface area contributed by atoms with Crippen molar-refractivity contribution in [2.45, 2.75) is 6.04 Å². The Balaban J connectivity index is 1.66. The molecule has 1 saturated heterocycles. The lowest BCUT2D eigenvalue weighted by atomic mass is 10.2. The number of nitrogens with one attached hydrogen (secondary N) is 1. The third kappa shape index (κ3) is 4.37. The maximum atomic E-state index is 13.3. The number of hydrogen-bond donors (Lipinski definition) is 1. The highest BCUT2D eigenvalue weighted by atomic mass is 32.2. The van der Waals surface area contributed by atoms with E-state index in [9.17, 15) is 22.4 Å². The van der Waals surface area contributed by atoms with Gasteiger partial charge in [-0.3, -0.25) is 14.5 Å². The average Bonchev–Trinajstić information content (AvgIpc) is 3.01. The van der Waals surface area contributed by atoms with E-state index in [-0.39, 0.29) is 21.5 Å². The highest BCUT2D eigenvalue weighted by molar-refractivity contribution is 8.26. The van der Waals surface area contributed by atoms with E-state index in [1.165, 1.54) is 30.4 Å². The zero-order chi connectivity index (χ0) is 18.9. The molecule has 2 aliphatic heterocycles. The first kappa shape index (κ1) is 18.7. The van der Waals surface area contributed by atoms with E-state index in [0.29, 0.717) is 5.56 Å². The molecule has 0 spiro atoms. The number of halogens is 1. The Bertz CT molecular complexity index is 956. The minimum Gasteiger partial charge on any atom is -0.347 e. The van der Waals surface area contributed by atoms with Gasteiger partial charge in [-0.15, -0.1) is 0 Å². The van der Waals surface area contributed by atoms with E-state index in [1.54, 1.807) is 6.07 Å². The van der Waals surface area contributed by atoms with Crippen LogP contribution in [0.5, 0.6) is 0 Å². The van der Waals surface area contributed by atoms with Crippen molar-refractivity contribution in [1.82, 2.24) is 10.2 Å². The fourth-order valence-electron chi connectivity index (χ4n) is 2.45. The lowest BCUT2D eigenvalue weighted by Gasteiger charge is -2.16. The first-order valence-electron chi connectivity index (χ1n) is 7.45. The van der Waals surface area contributed by atoms with Crippen LogP contribution in [0, 0.1) is 5.82 Å². The van der Waals surface area contributed by atoms with Crippen LogP contribution >= 0.6 is 24.0 Å². The van der Waals surface area contributed by atoms with Gasteiger partial charge in [0.05, 0.1) is 16.7 Å². The molecule has 0 unspecified atom stereocenters. The number of sulfone groups is 1. The van der Waals surface area contributed by atoms with Crippen molar-refractivity contribution in [1.29, 1.82) is 0 Å². The Kier molecular flexibility index (Phi) is 5.26. The number of amides is 2. The van der Waals surface area contributed by atoms with Crippen LogP contribution in [0.25, 0.3) is 6.08 Å². The summed E-state index contributed by atoms with van der Waals surface area (Å²) in [5, 5.41) is 3.59. The van der Waals surface area contributed by atoms with Gasteiger partial charge in [0.2, 0.25) is 5.91 Å². The highest BCUT2D eigenvalue weighted by Gasteiger charge is 2.34. The Hall–Kier alpha value is -2.04. The van der Waals surface area contributed by atoms with Crippen LogP contribution in [-0.4, -0.2) is 47.8 Å². The van der Waals surface area contributed by atoms with Crippen molar-refractivity contribution in [2.24, 2.45) is 0 Å². The van der Waals surface area contributed by atoms with Gasteiger partial charge < -0.3 is 5.32 Å². The van der Waals surface area contributed by atoms with Gasteiger partial charge in [-0.25, -0.2) is 12.8 Å². The summed E-state index contributed by atoms with van der Waals surface area (Å²) in [6, 6.07) is 5.14. The average molecular weight is 412 g/mol. The number of thioether (sulfide) groups is 1. The topological polar surface area (TPSA) is 83.6 Å². The summed E-state index contributed by atoms with van der Waals surface area (Å²) in [6.07, 6.45) is 2.90. The summed E-state index contributed by atoms with van der Waals surface area (Å²) in [5.74, 6) is -1.58. The molecule has 1 aromatic carbocycles. The molecule has 2 aliphatic rings. The van der Waals surface area contributed by atoms with Crippen molar-refractivity contribution < 1.29 is 22.4 Å². The quantitative estimate of drug-likeness (QED) is 0.595. The van der Waals surface area contributed by atoms with Crippen LogP contribution in [-0.2, 0) is 19.4 Å². The van der Waals surface area contributed by atoms with E-state index < -0.39 is 33.5 Å². The van der Waals surface area contributed by atoms with E-state index in [1.807, 2.05) is 0 Å². The van der Waals surface area contributed by atoms with E-state index in [2.05, 4.69) is 5.32 Å². The molecule has 0 bridgehead atoms. The van der Waals surface area contributed by atoms with Crippen molar-refractivity contribution in [3.05, 3.63) is 52.0 Å². The SMILES string of the molecule is O=C(CN1C(=O)/C(=C/c2cccc(F)c2)SC1=S)N[C@H]1C=CS(=O)(=O)C1. The molecule has 6 nitrogen and oxygen atoms in total. The number of hydrogen-bond acceptors (Lipinski definition) is 6. The van der Waals surface area contributed by atoms with E-state index in [0.717, 1.165) is 22.1 Å². The number of rotatable bonds is 4. The summed E-state index contributed by atoms with van der Waals surface area (Å²) in [6.45, 7) is -0.310. The van der Waals surface area contributed by atoms with Crippen LogP contribution in [0.4, 0.5) is 4.39 Å². The molecule has 136 valence electrons. The molecule has 10 heteroatoms. The van der Waals surface area contributed by atoms with Crippen molar-refractivity contribution in [3.8, 4) is 0 Å². The normalized spacial score (nSPS) is 23.0. The van der Waals surface area contributed by atoms with Crippen LogP contribution in [0.15, 0.2) is 40.7 Å². The zero-order valence-electron chi connectivity index (χ0n) is 13.2. The summed E-state index contributed by atoms with van der Waals surface area (Å²) in [4.78, 5) is 26.0. The Morgan fingerprint density at radius 2 is 2.23 bits per heavy atom. The molecule has 0 radical (unpaired) electrons. The summed E-state index contributed by atoms with van der Waals surface area (Å²) >= 11 is 6.16. The van der Waals surface area contributed by atoms with E-state index >= 15 is 0 Å². The highest BCUT2D eigenvalue weighted by Crippen LogP contribution is 2.32. The monoisotopic (exact) mass is 412 g/mol. The molecule has 2 heterocycles. The van der Waals surface area contributed by atoms with Gasteiger partial charge in [0.25, 0.3) is 5.91 Å². The fourth-order valence-corrected chi connectivity index (χ4v) is 4.94. The van der Waals surface area contributed by atoms with Gasteiger partial charge in [0.1, 0.15) is 16.7 Å². The molecule has 1 N–H and O–H groups in total. The van der Waals surface area contributed by atoms with Gasteiger partial charge in [-0.1, -0.05) is 36.1 Å². The molecule has 0 aliphatic carbocycles. The Morgan fingerprint density at radius 1 is 1.46 bits per heavy atom. The lowest BCUT2D eigenvalue weighted by Crippen LogP contribution is -2.43. The fraction of sp³-hybridized carbons (Fsp3) is 0.188. The number of benzene rings is 1. The summed E-state index contributed by atoms with van der Waals surface area (Å²) in [7, 11) is -3.28. The minimum absolute atomic E-state index is 0.198. The van der Waals surface area contributed by atoms with Gasteiger partial charge >= 0.3 is 0 Å². The predicted octanol–water partition coefficient (Wildman–Crippen LogP) is 1.45. The molecule has 1 atom stereocenters. The molecular weight excluding hydrogens is 399 g/mol. The van der Waals surface area contributed by atoms with Gasteiger partial charge in [0.15, 0.2) is 9.84 Å². The summed E-state index contributed by atoms with van der Waals surface area (Å²) in [5.41, 5.74) is 0.510. The first-order chi connectivity index (χ1) is 12.2. The smallest absolute Gasteiger partial charge is 0.266 e. The predicted molar refractivity (Wildman–Crippen MR) is 101 cm³/mol. The molecule has 26 heavy (non-hydrogen) atoms. The third-order valence-electron chi connectivity index (χ3n) is 3.60. The first-order valence-corrected chi connectivity index (χ1v) is 10.4. The van der Waals surface area contributed by atoms with E-state index in [4.69, 9.17) is 12.2 Å². The molecule has 1 aromatic rings.